The van der Waals surface area contributed by atoms with Gasteiger partial charge in [-0.15, -0.1) is 0 Å². The van der Waals surface area contributed by atoms with Crippen molar-refractivity contribution in [1.82, 2.24) is 4.90 Å². The predicted octanol–water partition coefficient (Wildman–Crippen LogP) is 4.11. The van der Waals surface area contributed by atoms with Crippen molar-refractivity contribution >= 4 is 23.1 Å². The Bertz CT molecular complexity index is 1060. The largest absolute Gasteiger partial charge is 0.493 e. The maximum Gasteiger partial charge on any atom is 0.278 e. The van der Waals surface area contributed by atoms with E-state index in [1.54, 1.807) is 30.3 Å². The molecule has 1 N–H and O–H groups in total. The molecule has 0 saturated carbocycles. The lowest BCUT2D eigenvalue weighted by Gasteiger charge is -2.16. The highest BCUT2D eigenvalue weighted by atomic mass is 16.5. The molecule has 0 atom stereocenters. The fourth-order valence-corrected chi connectivity index (χ4v) is 3.57. The number of benzene rings is 2. The molecular formula is C26H32N2O6. The van der Waals surface area contributed by atoms with Crippen LogP contribution in [0.4, 0.5) is 5.69 Å². The van der Waals surface area contributed by atoms with Crippen LogP contribution in [0.25, 0.3) is 5.57 Å². The molecule has 8 heteroatoms. The molecule has 0 bridgehead atoms. The molecular weight excluding hydrogens is 436 g/mol. The summed E-state index contributed by atoms with van der Waals surface area (Å²) in [6, 6.07) is 12.4. The summed E-state index contributed by atoms with van der Waals surface area (Å²) in [6.45, 7) is 8.11. The molecule has 0 aromatic heterocycles. The van der Waals surface area contributed by atoms with Crippen molar-refractivity contribution in [2.75, 3.05) is 32.7 Å². The molecule has 2 amide bonds. The SMILES string of the molecule is COc1ccc(C2=C(Nc3ccc(OC(C)C)cc3)C(=O)N(CCOC(C)C)C2=O)cc1OC. The average Bonchev–Trinajstić information content (AvgIpc) is 3.03. The van der Waals surface area contributed by atoms with Crippen LogP contribution >= 0.6 is 0 Å². The summed E-state index contributed by atoms with van der Waals surface area (Å²) in [7, 11) is 3.06. The second kappa shape index (κ2) is 11.1. The van der Waals surface area contributed by atoms with Crippen molar-refractivity contribution in [3.05, 3.63) is 53.7 Å². The van der Waals surface area contributed by atoms with E-state index in [1.807, 2.05) is 39.8 Å². The molecule has 0 unspecified atom stereocenters. The van der Waals surface area contributed by atoms with E-state index < -0.39 is 11.8 Å². The molecule has 8 nitrogen and oxygen atoms in total. The Kier molecular flexibility index (Phi) is 8.17. The van der Waals surface area contributed by atoms with Crippen molar-refractivity contribution in [2.45, 2.75) is 39.9 Å². The Labute approximate surface area is 200 Å². The first-order valence-electron chi connectivity index (χ1n) is 11.2. The van der Waals surface area contributed by atoms with Crippen LogP contribution in [0.5, 0.6) is 17.2 Å². The molecule has 0 fully saturated rings. The Morgan fingerprint density at radius 3 is 2.12 bits per heavy atom. The third kappa shape index (κ3) is 5.69. The maximum absolute atomic E-state index is 13.4. The zero-order valence-electron chi connectivity index (χ0n) is 20.5. The first kappa shape index (κ1) is 25.1. The van der Waals surface area contributed by atoms with Gasteiger partial charge in [-0.1, -0.05) is 6.07 Å². The van der Waals surface area contributed by atoms with Crippen LogP contribution in [-0.4, -0.2) is 56.3 Å². The summed E-state index contributed by atoms with van der Waals surface area (Å²) >= 11 is 0. The molecule has 0 radical (unpaired) electrons. The van der Waals surface area contributed by atoms with Gasteiger partial charge in [0.1, 0.15) is 11.4 Å². The number of methoxy groups -OCH3 is 2. The van der Waals surface area contributed by atoms with Gasteiger partial charge in [-0.2, -0.15) is 0 Å². The lowest BCUT2D eigenvalue weighted by molar-refractivity contribution is -0.137. The summed E-state index contributed by atoms with van der Waals surface area (Å²) in [4.78, 5) is 27.9. The standard InChI is InChI=1S/C26H32N2O6/c1-16(2)33-14-13-28-25(29)23(18-7-12-21(31-5)22(15-18)32-6)24(26(28)30)27-19-8-10-20(11-9-19)34-17(3)4/h7-12,15-17,27H,13-14H2,1-6H3. The molecule has 1 aliphatic rings. The van der Waals surface area contributed by atoms with E-state index in [1.165, 1.54) is 19.1 Å². The Morgan fingerprint density at radius 1 is 0.853 bits per heavy atom. The van der Waals surface area contributed by atoms with Gasteiger partial charge in [-0.25, -0.2) is 0 Å². The third-order valence-corrected chi connectivity index (χ3v) is 5.10. The zero-order valence-corrected chi connectivity index (χ0v) is 20.5. The minimum absolute atomic E-state index is 0.00439. The Hall–Kier alpha value is -3.52. The number of carbonyl (C=O) groups is 2. The number of anilines is 1. The second-order valence-corrected chi connectivity index (χ2v) is 8.32. The topological polar surface area (TPSA) is 86.3 Å². The molecule has 0 aliphatic carbocycles. The minimum Gasteiger partial charge on any atom is -0.493 e. The Balaban J connectivity index is 1.97. The molecule has 2 aromatic rings. The summed E-state index contributed by atoms with van der Waals surface area (Å²) in [5, 5.41) is 3.14. The van der Waals surface area contributed by atoms with Crippen LogP contribution < -0.4 is 19.5 Å². The van der Waals surface area contributed by atoms with E-state index in [-0.39, 0.29) is 36.6 Å². The molecule has 1 aliphatic heterocycles. The zero-order chi connectivity index (χ0) is 24.8. The second-order valence-electron chi connectivity index (χ2n) is 8.32. The molecule has 0 spiro atoms. The van der Waals surface area contributed by atoms with E-state index in [0.29, 0.717) is 22.7 Å². The maximum atomic E-state index is 13.4. The number of carbonyl (C=O) groups excluding carboxylic acids is 2. The van der Waals surface area contributed by atoms with Crippen molar-refractivity contribution in [3.8, 4) is 17.2 Å². The van der Waals surface area contributed by atoms with Crippen LogP contribution in [0.3, 0.4) is 0 Å². The van der Waals surface area contributed by atoms with Crippen LogP contribution in [0.1, 0.15) is 33.3 Å². The van der Waals surface area contributed by atoms with Crippen molar-refractivity contribution in [3.63, 3.8) is 0 Å². The predicted molar refractivity (Wildman–Crippen MR) is 130 cm³/mol. The van der Waals surface area contributed by atoms with Crippen LogP contribution in [0.2, 0.25) is 0 Å². The number of hydrogen-bond donors (Lipinski definition) is 1. The van der Waals surface area contributed by atoms with Crippen LogP contribution in [-0.2, 0) is 14.3 Å². The number of amides is 2. The first-order chi connectivity index (χ1) is 16.2. The number of rotatable bonds is 11. The van der Waals surface area contributed by atoms with E-state index in [2.05, 4.69) is 5.32 Å². The molecule has 0 saturated heterocycles. The summed E-state index contributed by atoms with van der Waals surface area (Å²) in [5.41, 5.74) is 1.66. The van der Waals surface area contributed by atoms with Gasteiger partial charge >= 0.3 is 0 Å². The monoisotopic (exact) mass is 468 g/mol. The van der Waals surface area contributed by atoms with E-state index in [9.17, 15) is 9.59 Å². The van der Waals surface area contributed by atoms with Crippen molar-refractivity contribution < 1.29 is 28.5 Å². The fourth-order valence-electron chi connectivity index (χ4n) is 3.57. The van der Waals surface area contributed by atoms with E-state index >= 15 is 0 Å². The van der Waals surface area contributed by atoms with E-state index in [0.717, 1.165) is 5.75 Å². The highest BCUT2D eigenvalue weighted by Gasteiger charge is 2.39. The van der Waals surface area contributed by atoms with Crippen molar-refractivity contribution in [2.24, 2.45) is 0 Å². The Morgan fingerprint density at radius 2 is 1.53 bits per heavy atom. The molecule has 34 heavy (non-hydrogen) atoms. The minimum atomic E-state index is -0.412. The lowest BCUT2D eigenvalue weighted by atomic mass is 10.0. The fraction of sp³-hybridized carbons (Fsp3) is 0.385. The van der Waals surface area contributed by atoms with Gasteiger partial charge in [-0.3, -0.25) is 14.5 Å². The van der Waals surface area contributed by atoms with Crippen LogP contribution in [0, 0.1) is 0 Å². The first-order valence-corrected chi connectivity index (χ1v) is 11.2. The van der Waals surface area contributed by atoms with Crippen LogP contribution in [0.15, 0.2) is 48.2 Å². The number of hydrogen-bond acceptors (Lipinski definition) is 7. The number of ether oxygens (including phenoxy) is 4. The van der Waals surface area contributed by atoms with Gasteiger partial charge in [0, 0.05) is 5.69 Å². The van der Waals surface area contributed by atoms with Gasteiger partial charge in [0.2, 0.25) is 0 Å². The summed E-state index contributed by atoms with van der Waals surface area (Å²) < 4.78 is 22.0. The van der Waals surface area contributed by atoms with Gasteiger partial charge in [-0.05, 0) is 69.7 Å². The van der Waals surface area contributed by atoms with Gasteiger partial charge in [0.15, 0.2) is 11.5 Å². The van der Waals surface area contributed by atoms with Gasteiger partial charge in [0.25, 0.3) is 11.8 Å². The molecule has 2 aromatic carbocycles. The average molecular weight is 469 g/mol. The van der Waals surface area contributed by atoms with Crippen molar-refractivity contribution in [1.29, 1.82) is 0 Å². The number of nitrogens with one attached hydrogen (secondary N) is 1. The summed E-state index contributed by atoms with van der Waals surface area (Å²) in [6.07, 6.45) is 0.0454. The third-order valence-electron chi connectivity index (χ3n) is 5.10. The number of nitrogens with zero attached hydrogens (tertiary/aromatic N) is 1. The highest BCUT2D eigenvalue weighted by Crippen LogP contribution is 2.35. The summed E-state index contributed by atoms with van der Waals surface area (Å²) in [5.74, 6) is 0.900. The van der Waals surface area contributed by atoms with Gasteiger partial charge < -0.3 is 24.3 Å². The quantitative estimate of drug-likeness (QED) is 0.497. The number of imide groups is 1. The molecule has 3 rings (SSSR count). The normalized spacial score (nSPS) is 13.8. The smallest absolute Gasteiger partial charge is 0.278 e. The molecule has 182 valence electrons. The van der Waals surface area contributed by atoms with Gasteiger partial charge in [0.05, 0.1) is 45.2 Å². The van der Waals surface area contributed by atoms with E-state index in [4.69, 9.17) is 18.9 Å². The lowest BCUT2D eigenvalue weighted by Crippen LogP contribution is -2.35. The molecule has 1 heterocycles. The highest BCUT2D eigenvalue weighted by molar-refractivity contribution is 6.36.